The van der Waals surface area contributed by atoms with Crippen LogP contribution in [0.1, 0.15) is 24.0 Å². The van der Waals surface area contributed by atoms with Gasteiger partial charge < -0.3 is 4.90 Å². The highest BCUT2D eigenvalue weighted by molar-refractivity contribution is 7.99. The van der Waals surface area contributed by atoms with Crippen LogP contribution in [0.2, 0.25) is 0 Å². The van der Waals surface area contributed by atoms with Crippen LogP contribution in [0, 0.1) is 0 Å². The number of rotatable bonds is 9. The molecule has 1 N–H and O–H groups in total. The summed E-state index contributed by atoms with van der Waals surface area (Å²) in [6.45, 7) is 1.17. The summed E-state index contributed by atoms with van der Waals surface area (Å²) in [4.78, 5) is 27.0. The third-order valence-electron chi connectivity index (χ3n) is 5.02. The van der Waals surface area contributed by atoms with Crippen molar-refractivity contribution in [2.24, 2.45) is 0 Å². The van der Waals surface area contributed by atoms with E-state index >= 15 is 0 Å². The van der Waals surface area contributed by atoms with Crippen LogP contribution in [0.25, 0.3) is 0 Å². The number of H-pyrrole nitrogens is 1. The molecule has 7 heteroatoms. The number of nitrogens with one attached hydrogen (secondary N) is 1. The van der Waals surface area contributed by atoms with Crippen molar-refractivity contribution in [2.75, 3.05) is 5.75 Å². The highest BCUT2D eigenvalue weighted by Gasteiger charge is 2.32. The monoisotopic (exact) mass is 408 g/mol. The normalized spacial score (nSPS) is 13.4. The van der Waals surface area contributed by atoms with Crippen molar-refractivity contribution in [3.8, 4) is 0 Å². The molecule has 1 fully saturated rings. The Balaban J connectivity index is 1.38. The van der Waals surface area contributed by atoms with Gasteiger partial charge in [-0.15, -0.1) is 5.10 Å². The molecule has 1 aliphatic carbocycles. The molecule has 0 spiro atoms. The molecule has 1 saturated carbocycles. The van der Waals surface area contributed by atoms with Gasteiger partial charge in [-0.05, 0) is 30.4 Å². The molecule has 4 rings (SSSR count). The maximum Gasteiger partial charge on any atom is 0.343 e. The summed E-state index contributed by atoms with van der Waals surface area (Å²) < 4.78 is 1.61. The topological polar surface area (TPSA) is 71.0 Å². The minimum atomic E-state index is -0.237. The van der Waals surface area contributed by atoms with Gasteiger partial charge >= 0.3 is 5.69 Å². The summed E-state index contributed by atoms with van der Waals surface area (Å²) in [5, 5.41) is 7.20. The fraction of sp³-hybridized carbons (Fsp3) is 0.318. The Labute approximate surface area is 173 Å². The molecule has 1 aliphatic rings. The Hall–Kier alpha value is -2.80. The number of thioether (sulfide) groups is 1. The van der Waals surface area contributed by atoms with Gasteiger partial charge in [0.2, 0.25) is 5.91 Å². The first-order chi connectivity index (χ1) is 14.2. The van der Waals surface area contributed by atoms with E-state index in [0.29, 0.717) is 24.3 Å². The fourth-order valence-electron chi connectivity index (χ4n) is 3.29. The third-order valence-corrected chi connectivity index (χ3v) is 5.98. The van der Waals surface area contributed by atoms with Gasteiger partial charge in [-0.2, -0.15) is 0 Å². The first-order valence-electron chi connectivity index (χ1n) is 9.86. The second-order valence-corrected chi connectivity index (χ2v) is 8.17. The standard InChI is InChI=1S/C22H24N4O2S/c27-20(26(19-11-12-19)15-18-9-5-2-6-10-18)16-29-22-24-23-21(28)25(22)14-13-17-7-3-1-4-8-17/h1-10,19H,11-16H2,(H,23,28). The van der Waals surface area contributed by atoms with Crippen molar-refractivity contribution < 1.29 is 4.79 Å². The summed E-state index contributed by atoms with van der Waals surface area (Å²) in [7, 11) is 0. The van der Waals surface area contributed by atoms with Crippen LogP contribution in [-0.2, 0) is 24.3 Å². The summed E-state index contributed by atoms with van der Waals surface area (Å²) in [6, 6.07) is 20.4. The van der Waals surface area contributed by atoms with Crippen LogP contribution in [-0.4, -0.2) is 37.4 Å². The molecule has 1 amide bonds. The van der Waals surface area contributed by atoms with Gasteiger partial charge in [-0.1, -0.05) is 72.4 Å². The van der Waals surface area contributed by atoms with Crippen molar-refractivity contribution in [3.05, 3.63) is 82.3 Å². The molecule has 0 radical (unpaired) electrons. The smallest absolute Gasteiger partial charge is 0.335 e. The maximum absolute atomic E-state index is 12.9. The van der Waals surface area contributed by atoms with Gasteiger partial charge in [0.1, 0.15) is 0 Å². The van der Waals surface area contributed by atoms with E-state index in [0.717, 1.165) is 30.4 Å². The number of aromatic amines is 1. The zero-order valence-corrected chi connectivity index (χ0v) is 17.0. The molecular formula is C22H24N4O2S. The van der Waals surface area contributed by atoms with Crippen LogP contribution in [0.5, 0.6) is 0 Å². The second-order valence-electron chi connectivity index (χ2n) is 7.23. The lowest BCUT2D eigenvalue weighted by Gasteiger charge is -2.22. The predicted molar refractivity (Wildman–Crippen MR) is 114 cm³/mol. The van der Waals surface area contributed by atoms with Crippen LogP contribution in [0.3, 0.4) is 0 Å². The average molecular weight is 409 g/mol. The molecule has 150 valence electrons. The Morgan fingerprint density at radius 2 is 1.72 bits per heavy atom. The van der Waals surface area contributed by atoms with E-state index in [1.807, 2.05) is 65.6 Å². The SMILES string of the molecule is O=C(CSc1n[nH]c(=O)n1CCc1ccccc1)N(Cc1ccccc1)C1CC1. The summed E-state index contributed by atoms with van der Waals surface area (Å²) in [5.74, 6) is 0.366. The van der Waals surface area contributed by atoms with Crippen molar-refractivity contribution in [1.29, 1.82) is 0 Å². The Bertz CT molecular complexity index is 996. The number of aromatic nitrogens is 3. The van der Waals surface area contributed by atoms with Gasteiger partial charge in [0.05, 0.1) is 5.75 Å². The van der Waals surface area contributed by atoms with Gasteiger partial charge in [0.25, 0.3) is 0 Å². The molecule has 0 unspecified atom stereocenters. The average Bonchev–Trinajstić information content (AvgIpc) is 3.54. The fourth-order valence-corrected chi connectivity index (χ4v) is 4.15. The summed E-state index contributed by atoms with van der Waals surface area (Å²) in [6.07, 6.45) is 2.87. The number of hydrogen-bond acceptors (Lipinski definition) is 4. The van der Waals surface area contributed by atoms with Gasteiger partial charge in [0.15, 0.2) is 5.16 Å². The lowest BCUT2D eigenvalue weighted by molar-refractivity contribution is -0.129. The van der Waals surface area contributed by atoms with Gasteiger partial charge in [-0.3, -0.25) is 9.36 Å². The summed E-state index contributed by atoms with van der Waals surface area (Å²) >= 11 is 1.32. The number of carbonyl (C=O) groups is 1. The lowest BCUT2D eigenvalue weighted by atomic mass is 10.1. The van der Waals surface area contributed by atoms with Crippen LogP contribution in [0.15, 0.2) is 70.6 Å². The number of amides is 1. The molecule has 3 aromatic rings. The molecule has 0 aliphatic heterocycles. The number of hydrogen-bond donors (Lipinski definition) is 1. The molecule has 0 saturated heterocycles. The number of benzene rings is 2. The molecule has 2 aromatic carbocycles. The molecular weight excluding hydrogens is 384 g/mol. The Morgan fingerprint density at radius 3 is 2.38 bits per heavy atom. The zero-order valence-electron chi connectivity index (χ0n) is 16.2. The number of carbonyl (C=O) groups excluding carboxylic acids is 1. The van der Waals surface area contributed by atoms with E-state index in [-0.39, 0.29) is 17.3 Å². The van der Waals surface area contributed by atoms with Gasteiger partial charge in [-0.25, -0.2) is 9.89 Å². The molecule has 0 bridgehead atoms. The van der Waals surface area contributed by atoms with Crippen molar-refractivity contribution >= 4 is 17.7 Å². The maximum atomic E-state index is 12.9. The minimum absolute atomic E-state index is 0.0893. The zero-order chi connectivity index (χ0) is 20.1. The van der Waals surface area contributed by atoms with E-state index in [1.165, 1.54) is 11.8 Å². The number of aryl methyl sites for hydroxylation is 1. The quantitative estimate of drug-likeness (QED) is 0.553. The Morgan fingerprint density at radius 1 is 1.07 bits per heavy atom. The lowest BCUT2D eigenvalue weighted by Crippen LogP contribution is -2.34. The number of nitrogens with zero attached hydrogens (tertiary/aromatic N) is 3. The Kier molecular flexibility index (Phi) is 6.14. The van der Waals surface area contributed by atoms with E-state index in [9.17, 15) is 9.59 Å². The highest BCUT2D eigenvalue weighted by atomic mass is 32.2. The van der Waals surface area contributed by atoms with Crippen LogP contribution >= 0.6 is 11.8 Å². The van der Waals surface area contributed by atoms with Crippen molar-refractivity contribution in [3.63, 3.8) is 0 Å². The predicted octanol–water partition coefficient (Wildman–Crippen LogP) is 3.10. The second kappa shape index (κ2) is 9.13. The van der Waals surface area contributed by atoms with Gasteiger partial charge in [0, 0.05) is 19.1 Å². The van der Waals surface area contributed by atoms with E-state index in [1.54, 1.807) is 4.57 Å². The summed E-state index contributed by atoms with van der Waals surface area (Å²) in [5.41, 5.74) is 2.06. The van der Waals surface area contributed by atoms with E-state index in [2.05, 4.69) is 10.2 Å². The van der Waals surface area contributed by atoms with Crippen molar-refractivity contribution in [2.45, 2.75) is 43.6 Å². The molecule has 29 heavy (non-hydrogen) atoms. The first-order valence-corrected chi connectivity index (χ1v) is 10.8. The minimum Gasteiger partial charge on any atom is -0.335 e. The third kappa shape index (κ3) is 5.17. The largest absolute Gasteiger partial charge is 0.343 e. The first kappa shape index (κ1) is 19.5. The van der Waals surface area contributed by atoms with Crippen molar-refractivity contribution in [1.82, 2.24) is 19.7 Å². The van der Waals surface area contributed by atoms with Crippen LogP contribution in [0.4, 0.5) is 0 Å². The highest BCUT2D eigenvalue weighted by Crippen LogP contribution is 2.29. The molecule has 1 heterocycles. The van der Waals surface area contributed by atoms with E-state index in [4.69, 9.17) is 0 Å². The molecule has 6 nitrogen and oxygen atoms in total. The van der Waals surface area contributed by atoms with E-state index < -0.39 is 0 Å². The molecule has 0 atom stereocenters. The molecule has 1 aromatic heterocycles. The van der Waals surface area contributed by atoms with Crippen LogP contribution < -0.4 is 5.69 Å².